The molecule has 0 saturated heterocycles. The lowest BCUT2D eigenvalue weighted by atomic mass is 9.99. The molecule has 19 heavy (non-hydrogen) atoms. The highest BCUT2D eigenvalue weighted by molar-refractivity contribution is 5.54. The summed E-state index contributed by atoms with van der Waals surface area (Å²) >= 11 is 0. The first-order valence-electron chi connectivity index (χ1n) is 6.48. The van der Waals surface area contributed by atoms with Crippen LogP contribution in [0.4, 0.5) is 0 Å². The van der Waals surface area contributed by atoms with E-state index < -0.39 is 0 Å². The number of aryl methyl sites for hydroxylation is 2. The molecule has 6 heteroatoms. The van der Waals surface area contributed by atoms with E-state index in [4.69, 9.17) is 5.73 Å². The van der Waals surface area contributed by atoms with Gasteiger partial charge in [0.2, 0.25) is 0 Å². The Bertz CT molecular complexity index is 657. The summed E-state index contributed by atoms with van der Waals surface area (Å²) in [6, 6.07) is 3.49. The van der Waals surface area contributed by atoms with Gasteiger partial charge in [0, 0.05) is 37.8 Å². The SMILES string of the molecule is Cn1ccc(-c2nnc3n2CC(CN)CC3)cc1=O. The molecule has 0 aliphatic carbocycles. The number of nitrogens with zero attached hydrogens (tertiary/aromatic N) is 4. The predicted molar refractivity (Wildman–Crippen MR) is 71.6 cm³/mol. The summed E-state index contributed by atoms with van der Waals surface area (Å²) in [4.78, 5) is 11.7. The van der Waals surface area contributed by atoms with Crippen LogP contribution in [0.15, 0.2) is 23.1 Å². The number of hydrogen-bond acceptors (Lipinski definition) is 4. The number of aromatic nitrogens is 4. The van der Waals surface area contributed by atoms with Crippen molar-refractivity contribution in [1.29, 1.82) is 0 Å². The second-order valence-corrected chi connectivity index (χ2v) is 5.06. The summed E-state index contributed by atoms with van der Waals surface area (Å²) in [6.07, 6.45) is 3.72. The van der Waals surface area contributed by atoms with E-state index in [1.807, 2.05) is 6.07 Å². The number of nitrogens with two attached hydrogens (primary N) is 1. The van der Waals surface area contributed by atoms with Gasteiger partial charge in [-0.1, -0.05) is 0 Å². The number of pyridine rings is 1. The molecule has 3 rings (SSSR count). The van der Waals surface area contributed by atoms with Crippen molar-refractivity contribution in [2.75, 3.05) is 6.54 Å². The molecule has 1 aliphatic heterocycles. The average molecular weight is 259 g/mol. The third-order valence-corrected chi connectivity index (χ3v) is 3.74. The first-order chi connectivity index (χ1) is 9.19. The third-order valence-electron chi connectivity index (χ3n) is 3.74. The highest BCUT2D eigenvalue weighted by Crippen LogP contribution is 2.24. The topological polar surface area (TPSA) is 78.7 Å². The van der Waals surface area contributed by atoms with Crippen LogP contribution in [0.1, 0.15) is 12.2 Å². The highest BCUT2D eigenvalue weighted by Gasteiger charge is 2.22. The van der Waals surface area contributed by atoms with E-state index in [0.29, 0.717) is 12.5 Å². The Labute approximate surface area is 110 Å². The van der Waals surface area contributed by atoms with Crippen molar-refractivity contribution < 1.29 is 0 Å². The van der Waals surface area contributed by atoms with Crippen molar-refractivity contribution >= 4 is 0 Å². The fourth-order valence-corrected chi connectivity index (χ4v) is 2.49. The van der Waals surface area contributed by atoms with E-state index in [1.54, 1.807) is 23.9 Å². The Morgan fingerprint density at radius 1 is 1.47 bits per heavy atom. The van der Waals surface area contributed by atoms with Crippen LogP contribution in [0.3, 0.4) is 0 Å². The molecule has 6 nitrogen and oxygen atoms in total. The molecule has 2 N–H and O–H groups in total. The van der Waals surface area contributed by atoms with Gasteiger partial charge in [-0.25, -0.2) is 0 Å². The first-order valence-corrected chi connectivity index (χ1v) is 6.48. The van der Waals surface area contributed by atoms with Crippen LogP contribution >= 0.6 is 0 Å². The molecule has 1 unspecified atom stereocenters. The maximum absolute atomic E-state index is 11.7. The first kappa shape index (κ1) is 12.1. The molecule has 0 radical (unpaired) electrons. The number of rotatable bonds is 2. The summed E-state index contributed by atoms with van der Waals surface area (Å²) in [5.41, 5.74) is 6.53. The zero-order valence-electron chi connectivity index (χ0n) is 10.9. The van der Waals surface area contributed by atoms with Crippen LogP contribution in [0.25, 0.3) is 11.4 Å². The van der Waals surface area contributed by atoms with E-state index in [1.165, 1.54) is 0 Å². The van der Waals surface area contributed by atoms with Crippen molar-refractivity contribution in [3.63, 3.8) is 0 Å². The smallest absolute Gasteiger partial charge is 0.250 e. The van der Waals surface area contributed by atoms with Crippen LogP contribution in [0.2, 0.25) is 0 Å². The Morgan fingerprint density at radius 2 is 2.32 bits per heavy atom. The van der Waals surface area contributed by atoms with Crippen LogP contribution in [-0.2, 0) is 20.0 Å². The molecule has 2 aromatic heterocycles. The van der Waals surface area contributed by atoms with Gasteiger partial charge in [-0.2, -0.15) is 0 Å². The standard InChI is InChI=1S/C13H17N5O/c1-17-5-4-10(6-12(17)19)13-16-15-11-3-2-9(7-14)8-18(11)13/h4-6,9H,2-3,7-8,14H2,1H3. The predicted octanol–water partition coefficient (Wildman–Crippen LogP) is 0.165. The Kier molecular flexibility index (Phi) is 2.94. The Balaban J connectivity index is 2.04. The lowest BCUT2D eigenvalue weighted by molar-refractivity contribution is 0.375. The second kappa shape index (κ2) is 4.62. The average Bonchev–Trinajstić information content (AvgIpc) is 2.84. The normalized spacial score (nSPS) is 18.3. The second-order valence-electron chi connectivity index (χ2n) is 5.06. The van der Waals surface area contributed by atoms with Gasteiger partial charge in [0.05, 0.1) is 0 Å². The van der Waals surface area contributed by atoms with Crippen molar-refractivity contribution in [3.8, 4) is 11.4 Å². The van der Waals surface area contributed by atoms with E-state index in [9.17, 15) is 4.79 Å². The van der Waals surface area contributed by atoms with Crippen LogP contribution in [0.5, 0.6) is 0 Å². The van der Waals surface area contributed by atoms with Crippen molar-refractivity contribution in [3.05, 3.63) is 34.5 Å². The van der Waals surface area contributed by atoms with Gasteiger partial charge in [0.25, 0.3) is 5.56 Å². The monoisotopic (exact) mass is 259 g/mol. The molecular weight excluding hydrogens is 242 g/mol. The molecule has 2 aromatic rings. The minimum atomic E-state index is -0.0407. The van der Waals surface area contributed by atoms with Gasteiger partial charge >= 0.3 is 0 Å². The molecular formula is C13H17N5O. The van der Waals surface area contributed by atoms with Gasteiger partial charge in [-0.3, -0.25) is 4.79 Å². The maximum Gasteiger partial charge on any atom is 0.250 e. The summed E-state index contributed by atoms with van der Waals surface area (Å²) in [5, 5.41) is 8.45. The molecule has 0 saturated carbocycles. The fraction of sp³-hybridized carbons (Fsp3) is 0.462. The molecule has 0 amide bonds. The molecule has 0 spiro atoms. The Hall–Kier alpha value is -1.95. The van der Waals surface area contributed by atoms with Gasteiger partial charge in [-0.15, -0.1) is 10.2 Å². The largest absolute Gasteiger partial charge is 0.330 e. The van der Waals surface area contributed by atoms with Crippen molar-refractivity contribution in [1.82, 2.24) is 19.3 Å². The van der Waals surface area contributed by atoms with Crippen LogP contribution < -0.4 is 11.3 Å². The van der Waals surface area contributed by atoms with E-state index in [2.05, 4.69) is 14.8 Å². The van der Waals surface area contributed by atoms with Crippen molar-refractivity contribution in [2.45, 2.75) is 19.4 Å². The van der Waals surface area contributed by atoms with Crippen molar-refractivity contribution in [2.24, 2.45) is 18.7 Å². The maximum atomic E-state index is 11.7. The summed E-state index contributed by atoms with van der Waals surface area (Å²) in [7, 11) is 1.73. The molecule has 0 bridgehead atoms. The number of hydrogen-bond donors (Lipinski definition) is 1. The minimum Gasteiger partial charge on any atom is -0.330 e. The summed E-state index contributed by atoms with van der Waals surface area (Å²) in [6.45, 7) is 1.51. The van der Waals surface area contributed by atoms with Gasteiger partial charge in [0.1, 0.15) is 5.82 Å². The van der Waals surface area contributed by atoms with E-state index >= 15 is 0 Å². The summed E-state index contributed by atoms with van der Waals surface area (Å²) in [5.74, 6) is 2.22. The molecule has 0 aromatic carbocycles. The highest BCUT2D eigenvalue weighted by atomic mass is 16.1. The van der Waals surface area contributed by atoms with Gasteiger partial charge in [-0.05, 0) is 24.9 Å². The van der Waals surface area contributed by atoms with Gasteiger partial charge < -0.3 is 14.9 Å². The van der Waals surface area contributed by atoms with E-state index in [0.717, 1.165) is 36.6 Å². The lowest BCUT2D eigenvalue weighted by Gasteiger charge is -2.22. The molecule has 1 atom stereocenters. The Morgan fingerprint density at radius 3 is 3.05 bits per heavy atom. The quantitative estimate of drug-likeness (QED) is 0.833. The number of fused-ring (bicyclic) bond motifs is 1. The summed E-state index contributed by atoms with van der Waals surface area (Å²) < 4.78 is 3.63. The molecule has 0 fully saturated rings. The van der Waals surface area contributed by atoms with E-state index in [-0.39, 0.29) is 5.56 Å². The lowest BCUT2D eigenvalue weighted by Crippen LogP contribution is -2.27. The zero-order valence-corrected chi connectivity index (χ0v) is 10.9. The van der Waals surface area contributed by atoms with Crippen LogP contribution in [0, 0.1) is 5.92 Å². The third kappa shape index (κ3) is 2.08. The minimum absolute atomic E-state index is 0.0407. The molecule has 3 heterocycles. The van der Waals surface area contributed by atoms with Crippen LogP contribution in [-0.4, -0.2) is 25.9 Å². The van der Waals surface area contributed by atoms with Gasteiger partial charge in [0.15, 0.2) is 5.82 Å². The fourth-order valence-electron chi connectivity index (χ4n) is 2.49. The molecule has 100 valence electrons. The zero-order chi connectivity index (χ0) is 13.4. The molecule has 1 aliphatic rings.